The number of rotatable bonds is 4. The molecule has 2 aromatic heterocycles. The Labute approximate surface area is 109 Å². The Kier molecular flexibility index (Phi) is 6.22. The normalized spacial score (nSPS) is 10.0. The van der Waals surface area contributed by atoms with E-state index in [9.17, 15) is 0 Å². The van der Waals surface area contributed by atoms with E-state index in [2.05, 4.69) is 23.4 Å². The lowest BCUT2D eigenvalue weighted by Crippen LogP contribution is -2.03. The number of fused-ring (bicyclic) bond motifs is 1. The molecule has 0 fully saturated rings. The van der Waals surface area contributed by atoms with Gasteiger partial charge in [0.05, 0.1) is 13.7 Å². The van der Waals surface area contributed by atoms with Crippen LogP contribution in [0.5, 0.6) is 5.88 Å². The Morgan fingerprint density at radius 1 is 1.17 bits per heavy atom. The van der Waals surface area contributed by atoms with E-state index in [0.717, 1.165) is 17.6 Å². The van der Waals surface area contributed by atoms with Gasteiger partial charge in [0.2, 0.25) is 5.88 Å². The van der Waals surface area contributed by atoms with Gasteiger partial charge in [-0.25, -0.2) is 0 Å². The predicted molar refractivity (Wildman–Crippen MR) is 74.1 cm³/mol. The fourth-order valence-corrected chi connectivity index (χ4v) is 1.53. The maximum absolute atomic E-state index is 5.10. The van der Waals surface area contributed by atoms with Gasteiger partial charge < -0.3 is 14.0 Å². The highest BCUT2D eigenvalue weighted by molar-refractivity contribution is 5.76. The molecule has 0 aliphatic carbocycles. The Morgan fingerprint density at radius 3 is 2.50 bits per heavy atom. The molecule has 4 nitrogen and oxygen atoms in total. The number of ether oxygens (including phenoxy) is 2. The van der Waals surface area contributed by atoms with Crippen molar-refractivity contribution in [2.24, 2.45) is 0 Å². The number of aromatic nitrogens is 2. The highest BCUT2D eigenvalue weighted by atomic mass is 16.5. The molecule has 0 amide bonds. The topological polar surface area (TPSA) is 36.3 Å². The molecule has 0 N–H and O–H groups in total. The first-order chi connectivity index (χ1) is 8.76. The van der Waals surface area contributed by atoms with Gasteiger partial charge in [0.15, 0.2) is 0 Å². The third kappa shape index (κ3) is 3.74. The van der Waals surface area contributed by atoms with Crippen molar-refractivity contribution >= 4 is 11.0 Å². The zero-order valence-electron chi connectivity index (χ0n) is 11.6. The van der Waals surface area contributed by atoms with Crippen molar-refractivity contribution in [3.05, 3.63) is 24.4 Å². The molecule has 0 bridgehead atoms. The summed E-state index contributed by atoms with van der Waals surface area (Å²) in [5.74, 6) is 0.639. The molecule has 4 heteroatoms. The smallest absolute Gasteiger partial charge is 0.214 e. The highest BCUT2D eigenvalue weighted by Gasteiger charge is 2.03. The van der Waals surface area contributed by atoms with Gasteiger partial charge in [0.1, 0.15) is 5.65 Å². The number of pyridine rings is 1. The molecule has 100 valence electrons. The first-order valence-corrected chi connectivity index (χ1v) is 6.25. The summed E-state index contributed by atoms with van der Waals surface area (Å²) in [4.78, 5) is 4.39. The van der Waals surface area contributed by atoms with Crippen LogP contribution in [-0.4, -0.2) is 30.4 Å². The average Bonchev–Trinajstić information content (AvgIpc) is 2.79. The zero-order chi connectivity index (χ0) is 13.4. The summed E-state index contributed by atoms with van der Waals surface area (Å²) in [6.45, 7) is 5.74. The van der Waals surface area contributed by atoms with Crippen LogP contribution < -0.4 is 4.74 Å². The van der Waals surface area contributed by atoms with E-state index in [1.807, 2.05) is 24.4 Å². The Balaban J connectivity index is 0.000000492. The van der Waals surface area contributed by atoms with E-state index in [4.69, 9.17) is 9.47 Å². The van der Waals surface area contributed by atoms with Gasteiger partial charge in [-0.05, 0) is 12.1 Å². The van der Waals surface area contributed by atoms with Gasteiger partial charge in [0, 0.05) is 31.3 Å². The van der Waals surface area contributed by atoms with Crippen molar-refractivity contribution in [2.45, 2.75) is 26.8 Å². The van der Waals surface area contributed by atoms with Crippen LogP contribution >= 0.6 is 0 Å². The average molecular weight is 250 g/mol. The molecule has 0 saturated carbocycles. The highest BCUT2D eigenvalue weighted by Crippen LogP contribution is 2.17. The van der Waals surface area contributed by atoms with E-state index in [1.165, 1.54) is 6.42 Å². The zero-order valence-corrected chi connectivity index (χ0v) is 11.6. The fraction of sp³-hybridized carbons (Fsp3) is 0.500. The van der Waals surface area contributed by atoms with Crippen molar-refractivity contribution < 1.29 is 9.47 Å². The summed E-state index contributed by atoms with van der Waals surface area (Å²) in [6.07, 6.45) is 3.26. The largest absolute Gasteiger partial charge is 0.481 e. The number of nitrogens with zero attached hydrogens (tertiary/aromatic N) is 2. The van der Waals surface area contributed by atoms with Crippen LogP contribution in [0.3, 0.4) is 0 Å². The first kappa shape index (κ1) is 14.5. The predicted octanol–water partition coefficient (Wildman–Crippen LogP) is 3.11. The molecule has 0 aliphatic heterocycles. The molecule has 0 unspecified atom stereocenters. The number of hydrogen-bond donors (Lipinski definition) is 0. The molecule has 0 radical (unpaired) electrons. The minimum absolute atomic E-state index is 0.639. The lowest BCUT2D eigenvalue weighted by molar-refractivity contribution is 0.188. The summed E-state index contributed by atoms with van der Waals surface area (Å²) < 4.78 is 12.2. The summed E-state index contributed by atoms with van der Waals surface area (Å²) in [7, 11) is 3.32. The van der Waals surface area contributed by atoms with Gasteiger partial charge in [-0.15, -0.1) is 0 Å². The first-order valence-electron chi connectivity index (χ1n) is 6.25. The molecule has 0 atom stereocenters. The monoisotopic (exact) mass is 250 g/mol. The molecular weight excluding hydrogens is 228 g/mol. The van der Waals surface area contributed by atoms with E-state index >= 15 is 0 Å². The van der Waals surface area contributed by atoms with E-state index < -0.39 is 0 Å². The van der Waals surface area contributed by atoms with Crippen LogP contribution in [0.1, 0.15) is 20.3 Å². The molecule has 0 aliphatic rings. The van der Waals surface area contributed by atoms with Gasteiger partial charge in [0.25, 0.3) is 0 Å². The Morgan fingerprint density at radius 2 is 1.89 bits per heavy atom. The molecule has 2 heterocycles. The quantitative estimate of drug-likeness (QED) is 0.836. The van der Waals surface area contributed by atoms with Crippen molar-refractivity contribution in [3.63, 3.8) is 0 Å². The molecule has 0 saturated heterocycles. The van der Waals surface area contributed by atoms with Crippen molar-refractivity contribution in [1.29, 1.82) is 0 Å². The molecule has 18 heavy (non-hydrogen) atoms. The summed E-state index contributed by atoms with van der Waals surface area (Å²) in [6, 6.07) is 5.91. The van der Waals surface area contributed by atoms with Gasteiger partial charge in [-0.3, -0.25) is 0 Å². The summed E-state index contributed by atoms with van der Waals surface area (Å²) >= 11 is 0. The van der Waals surface area contributed by atoms with Crippen LogP contribution in [-0.2, 0) is 11.3 Å². The van der Waals surface area contributed by atoms with Crippen molar-refractivity contribution in [1.82, 2.24) is 9.55 Å². The van der Waals surface area contributed by atoms with Gasteiger partial charge in [-0.2, -0.15) is 4.98 Å². The van der Waals surface area contributed by atoms with E-state index in [1.54, 1.807) is 14.2 Å². The third-order valence-electron chi connectivity index (χ3n) is 2.33. The van der Waals surface area contributed by atoms with Crippen molar-refractivity contribution in [3.8, 4) is 5.88 Å². The standard InChI is InChI=1S/C11H14N2O2.C3H8/c1-14-8-7-13-6-5-9-3-4-10(15-2)12-11(9)13;1-3-2/h3-6H,7-8H2,1-2H3;3H2,1-2H3. The molecule has 2 rings (SSSR count). The second-order valence-corrected chi connectivity index (χ2v) is 3.98. The minimum atomic E-state index is 0.639. The summed E-state index contributed by atoms with van der Waals surface area (Å²) in [5, 5.41) is 1.12. The Hall–Kier alpha value is -1.55. The maximum Gasteiger partial charge on any atom is 0.214 e. The molecule has 0 aromatic carbocycles. The number of methoxy groups -OCH3 is 2. The van der Waals surface area contributed by atoms with Crippen molar-refractivity contribution in [2.75, 3.05) is 20.8 Å². The fourth-order valence-electron chi connectivity index (χ4n) is 1.53. The third-order valence-corrected chi connectivity index (χ3v) is 2.33. The van der Waals surface area contributed by atoms with Crippen LogP contribution in [0.2, 0.25) is 0 Å². The van der Waals surface area contributed by atoms with E-state index in [0.29, 0.717) is 12.5 Å². The van der Waals surface area contributed by atoms with E-state index in [-0.39, 0.29) is 0 Å². The van der Waals surface area contributed by atoms with Crippen LogP contribution in [0.25, 0.3) is 11.0 Å². The second-order valence-electron chi connectivity index (χ2n) is 3.98. The lowest BCUT2D eigenvalue weighted by atomic mass is 10.3. The van der Waals surface area contributed by atoms with Gasteiger partial charge in [-0.1, -0.05) is 20.3 Å². The molecular formula is C14H22N2O2. The summed E-state index contributed by atoms with van der Waals surface area (Å²) in [5.41, 5.74) is 0.936. The molecule has 2 aromatic rings. The SMILES string of the molecule is CCC.COCCn1ccc2ccc(OC)nc21. The maximum atomic E-state index is 5.10. The van der Waals surface area contributed by atoms with Crippen LogP contribution in [0.4, 0.5) is 0 Å². The van der Waals surface area contributed by atoms with Gasteiger partial charge >= 0.3 is 0 Å². The minimum Gasteiger partial charge on any atom is -0.481 e. The molecule has 0 spiro atoms. The Bertz CT molecular complexity index is 466. The lowest BCUT2D eigenvalue weighted by Gasteiger charge is -2.04. The van der Waals surface area contributed by atoms with Crippen LogP contribution in [0.15, 0.2) is 24.4 Å². The van der Waals surface area contributed by atoms with Crippen LogP contribution in [0, 0.1) is 0 Å². The second kappa shape index (κ2) is 7.71. The number of hydrogen-bond acceptors (Lipinski definition) is 3.